The van der Waals surface area contributed by atoms with Gasteiger partial charge in [0.05, 0.1) is 6.04 Å². The molecule has 1 aliphatic heterocycles. The predicted molar refractivity (Wildman–Crippen MR) is 132 cm³/mol. The molecule has 1 atom stereocenters. The second-order valence-electron chi connectivity index (χ2n) is 8.05. The quantitative estimate of drug-likeness (QED) is 0.457. The van der Waals surface area contributed by atoms with Gasteiger partial charge in [0.2, 0.25) is 17.8 Å². The van der Waals surface area contributed by atoms with E-state index in [1.807, 2.05) is 17.0 Å². The Morgan fingerprint density at radius 2 is 1.97 bits per heavy atom. The highest BCUT2D eigenvalue weighted by molar-refractivity contribution is 6.30. The van der Waals surface area contributed by atoms with Gasteiger partial charge in [-0.25, -0.2) is 9.97 Å². The predicted octanol–water partition coefficient (Wildman–Crippen LogP) is 2.34. The molecule has 1 N–H and O–H groups in total. The standard InChI is InChI=1S/C23H25Cl2N7O3/c1-35-14-22(34)30-8-9-32(20-11-19(25)28-23(29-20)31-7-6-26-15-31)18(13-30)10-21(33)27-12-16-2-4-17(24)5-3-16/h2-7,11,15,18H,8-10,12-14H2,1H3,(H,27,33). The fraction of sp³-hybridized carbons (Fsp3) is 0.348. The lowest BCUT2D eigenvalue weighted by Crippen LogP contribution is -2.57. The highest BCUT2D eigenvalue weighted by atomic mass is 35.5. The zero-order valence-corrected chi connectivity index (χ0v) is 20.6. The lowest BCUT2D eigenvalue weighted by Gasteiger charge is -2.42. The second-order valence-corrected chi connectivity index (χ2v) is 8.87. The van der Waals surface area contributed by atoms with Crippen molar-refractivity contribution >= 4 is 40.8 Å². The van der Waals surface area contributed by atoms with Crippen molar-refractivity contribution < 1.29 is 14.3 Å². The summed E-state index contributed by atoms with van der Waals surface area (Å²) in [5, 5.41) is 3.85. The van der Waals surface area contributed by atoms with Crippen molar-refractivity contribution in [3.05, 3.63) is 64.8 Å². The van der Waals surface area contributed by atoms with Gasteiger partial charge in [-0.3, -0.25) is 14.2 Å². The fourth-order valence-corrected chi connectivity index (χ4v) is 4.20. The average molecular weight is 518 g/mol. The summed E-state index contributed by atoms with van der Waals surface area (Å²) in [6.45, 7) is 1.64. The first-order chi connectivity index (χ1) is 16.9. The van der Waals surface area contributed by atoms with Crippen LogP contribution in [0.4, 0.5) is 5.82 Å². The van der Waals surface area contributed by atoms with E-state index in [9.17, 15) is 9.59 Å². The number of methoxy groups -OCH3 is 1. The molecule has 1 saturated heterocycles. The molecule has 1 aliphatic rings. The molecule has 1 fully saturated rings. The number of piperazine rings is 1. The number of anilines is 1. The molecule has 10 nitrogen and oxygen atoms in total. The van der Waals surface area contributed by atoms with Crippen molar-refractivity contribution in [1.29, 1.82) is 0 Å². The lowest BCUT2D eigenvalue weighted by atomic mass is 10.1. The number of nitrogens with zero attached hydrogens (tertiary/aromatic N) is 6. The Labute approximate surface area is 212 Å². The Bertz CT molecular complexity index is 1160. The van der Waals surface area contributed by atoms with Gasteiger partial charge in [0.1, 0.15) is 23.9 Å². The molecular weight excluding hydrogens is 493 g/mol. The summed E-state index contributed by atoms with van der Waals surface area (Å²) in [6, 6.07) is 8.62. The van der Waals surface area contributed by atoms with E-state index in [1.54, 1.807) is 46.4 Å². The molecule has 35 heavy (non-hydrogen) atoms. The number of ether oxygens (including phenoxy) is 1. The Kier molecular flexibility index (Phi) is 8.17. The van der Waals surface area contributed by atoms with Crippen molar-refractivity contribution in [3.63, 3.8) is 0 Å². The summed E-state index contributed by atoms with van der Waals surface area (Å²) in [7, 11) is 1.48. The average Bonchev–Trinajstić information content (AvgIpc) is 3.39. The number of aromatic nitrogens is 4. The number of imidazole rings is 1. The molecule has 0 saturated carbocycles. The summed E-state index contributed by atoms with van der Waals surface area (Å²) in [5.41, 5.74) is 0.938. The summed E-state index contributed by atoms with van der Waals surface area (Å²) in [6.07, 6.45) is 5.08. The minimum absolute atomic E-state index is 0.0143. The van der Waals surface area contributed by atoms with Crippen LogP contribution in [-0.2, 0) is 20.9 Å². The Hall–Kier alpha value is -3.21. The first-order valence-corrected chi connectivity index (χ1v) is 11.8. The molecule has 1 aromatic carbocycles. The maximum Gasteiger partial charge on any atom is 0.248 e. The van der Waals surface area contributed by atoms with Crippen LogP contribution in [0.5, 0.6) is 0 Å². The minimum atomic E-state index is -0.323. The van der Waals surface area contributed by atoms with E-state index < -0.39 is 0 Å². The maximum atomic E-state index is 12.9. The van der Waals surface area contributed by atoms with Crippen LogP contribution < -0.4 is 10.2 Å². The van der Waals surface area contributed by atoms with Crippen LogP contribution in [0, 0.1) is 0 Å². The normalized spacial score (nSPS) is 15.8. The Balaban J connectivity index is 1.52. The van der Waals surface area contributed by atoms with E-state index >= 15 is 0 Å². The second kappa shape index (κ2) is 11.5. The van der Waals surface area contributed by atoms with Gasteiger partial charge >= 0.3 is 0 Å². The van der Waals surface area contributed by atoms with Crippen LogP contribution >= 0.6 is 23.2 Å². The molecule has 2 amide bonds. The van der Waals surface area contributed by atoms with E-state index in [2.05, 4.69) is 20.3 Å². The number of benzene rings is 1. The van der Waals surface area contributed by atoms with Gasteiger partial charge in [-0.1, -0.05) is 35.3 Å². The molecule has 0 bridgehead atoms. The van der Waals surface area contributed by atoms with Crippen LogP contribution in [0.3, 0.4) is 0 Å². The van der Waals surface area contributed by atoms with Crippen LogP contribution in [0.25, 0.3) is 5.95 Å². The Morgan fingerprint density at radius 1 is 1.17 bits per heavy atom. The summed E-state index contributed by atoms with van der Waals surface area (Å²) < 4.78 is 6.67. The van der Waals surface area contributed by atoms with E-state index in [1.165, 1.54) is 7.11 Å². The fourth-order valence-electron chi connectivity index (χ4n) is 3.90. The van der Waals surface area contributed by atoms with E-state index in [4.69, 9.17) is 27.9 Å². The van der Waals surface area contributed by atoms with Crippen molar-refractivity contribution in [2.45, 2.75) is 19.0 Å². The number of carbonyl (C=O) groups excluding carboxylic acids is 2. The van der Waals surface area contributed by atoms with E-state index in [0.29, 0.717) is 43.0 Å². The summed E-state index contributed by atoms with van der Waals surface area (Å²) in [4.78, 5) is 42.0. The number of carbonyl (C=O) groups is 2. The monoisotopic (exact) mass is 517 g/mol. The van der Waals surface area contributed by atoms with Crippen molar-refractivity contribution in [1.82, 2.24) is 29.7 Å². The molecule has 3 heterocycles. The molecular formula is C23H25Cl2N7O3. The largest absolute Gasteiger partial charge is 0.375 e. The van der Waals surface area contributed by atoms with Gasteiger partial charge in [-0.2, -0.15) is 4.98 Å². The molecule has 184 valence electrons. The Morgan fingerprint density at radius 3 is 2.69 bits per heavy atom. The molecule has 0 spiro atoms. The van der Waals surface area contributed by atoms with Gasteiger partial charge in [-0.15, -0.1) is 0 Å². The first kappa shape index (κ1) is 24.9. The SMILES string of the molecule is COCC(=O)N1CCN(c2cc(Cl)nc(-n3ccnc3)n2)C(CC(=O)NCc2ccc(Cl)cc2)C1. The lowest BCUT2D eigenvalue weighted by molar-refractivity contribution is -0.136. The van der Waals surface area contributed by atoms with E-state index in [0.717, 1.165) is 5.56 Å². The van der Waals surface area contributed by atoms with Crippen LogP contribution in [0.15, 0.2) is 49.1 Å². The smallest absolute Gasteiger partial charge is 0.248 e. The number of amides is 2. The first-order valence-electron chi connectivity index (χ1n) is 11.0. The zero-order valence-electron chi connectivity index (χ0n) is 19.1. The molecule has 2 aromatic heterocycles. The number of nitrogens with one attached hydrogen (secondary N) is 1. The van der Waals surface area contributed by atoms with Crippen LogP contribution in [0.1, 0.15) is 12.0 Å². The number of hydrogen-bond acceptors (Lipinski definition) is 7. The van der Waals surface area contributed by atoms with Gasteiger partial charge in [0.25, 0.3) is 0 Å². The summed E-state index contributed by atoms with van der Waals surface area (Å²) in [5.74, 6) is 0.668. The van der Waals surface area contributed by atoms with E-state index in [-0.39, 0.29) is 36.0 Å². The molecule has 0 aliphatic carbocycles. The third-order valence-electron chi connectivity index (χ3n) is 5.63. The highest BCUT2D eigenvalue weighted by Crippen LogP contribution is 2.24. The number of rotatable bonds is 8. The van der Waals surface area contributed by atoms with Crippen LogP contribution in [0.2, 0.25) is 10.2 Å². The third-order valence-corrected chi connectivity index (χ3v) is 6.07. The van der Waals surface area contributed by atoms with Crippen molar-refractivity contribution in [3.8, 4) is 5.95 Å². The van der Waals surface area contributed by atoms with Crippen molar-refractivity contribution in [2.75, 3.05) is 38.3 Å². The minimum Gasteiger partial charge on any atom is -0.375 e. The topological polar surface area (TPSA) is 105 Å². The number of halogens is 2. The molecule has 1 unspecified atom stereocenters. The maximum absolute atomic E-state index is 12.9. The molecule has 12 heteroatoms. The number of hydrogen-bond donors (Lipinski definition) is 1. The highest BCUT2D eigenvalue weighted by Gasteiger charge is 2.32. The van der Waals surface area contributed by atoms with Gasteiger partial charge < -0.3 is 19.9 Å². The van der Waals surface area contributed by atoms with Gasteiger partial charge in [0.15, 0.2) is 0 Å². The third kappa shape index (κ3) is 6.47. The van der Waals surface area contributed by atoms with Crippen molar-refractivity contribution in [2.24, 2.45) is 0 Å². The molecule has 0 radical (unpaired) electrons. The zero-order chi connectivity index (χ0) is 24.8. The van der Waals surface area contributed by atoms with Gasteiger partial charge in [-0.05, 0) is 17.7 Å². The molecule has 4 rings (SSSR count). The molecule has 3 aromatic rings. The van der Waals surface area contributed by atoms with Gasteiger partial charge in [0, 0.05) is 63.2 Å². The summed E-state index contributed by atoms with van der Waals surface area (Å²) >= 11 is 12.2. The van der Waals surface area contributed by atoms with Crippen LogP contribution in [-0.4, -0.2) is 75.6 Å².